The fourth-order valence-electron chi connectivity index (χ4n) is 3.92. The number of nitrogens with one attached hydrogen (secondary N) is 1. The topological polar surface area (TPSA) is 88.9 Å². The van der Waals surface area contributed by atoms with Crippen molar-refractivity contribution in [1.29, 1.82) is 0 Å². The largest absolute Gasteiger partial charge is 0.497 e. The number of carbonyl (C=O) groups is 1. The molecule has 0 atom stereocenters. The van der Waals surface area contributed by atoms with Gasteiger partial charge in [0, 0.05) is 22.5 Å². The van der Waals surface area contributed by atoms with Crippen LogP contribution in [0, 0.1) is 0 Å². The molecule has 0 radical (unpaired) electrons. The molecule has 0 saturated heterocycles. The van der Waals surface area contributed by atoms with Gasteiger partial charge in [0.05, 0.1) is 17.7 Å². The molecular formula is C27H22N2O5S. The molecule has 0 aliphatic rings. The molecule has 5 rings (SSSR count). The van der Waals surface area contributed by atoms with Crippen molar-refractivity contribution in [3.05, 3.63) is 97.1 Å². The van der Waals surface area contributed by atoms with Crippen LogP contribution in [0.4, 0.5) is 11.4 Å². The second-order valence-electron chi connectivity index (χ2n) is 7.88. The van der Waals surface area contributed by atoms with Gasteiger partial charge >= 0.3 is 0 Å². The molecular weight excluding hydrogens is 464 g/mol. The van der Waals surface area contributed by atoms with Crippen LogP contribution < -0.4 is 14.4 Å². The highest BCUT2D eigenvalue weighted by atomic mass is 32.2. The zero-order valence-electron chi connectivity index (χ0n) is 18.8. The van der Waals surface area contributed by atoms with Crippen molar-refractivity contribution in [2.45, 2.75) is 4.90 Å². The fourth-order valence-corrected chi connectivity index (χ4v) is 5.34. The Kier molecular flexibility index (Phi) is 5.88. The summed E-state index contributed by atoms with van der Waals surface area (Å²) in [6, 6.07) is 27.6. The van der Waals surface area contributed by atoms with Gasteiger partial charge in [-0.05, 0) is 54.6 Å². The number of methoxy groups -OCH3 is 1. The van der Waals surface area contributed by atoms with Gasteiger partial charge in [-0.25, -0.2) is 8.42 Å². The van der Waals surface area contributed by atoms with E-state index < -0.39 is 22.5 Å². The second kappa shape index (κ2) is 9.15. The Balaban J connectivity index is 1.43. The van der Waals surface area contributed by atoms with Crippen molar-refractivity contribution in [2.75, 3.05) is 23.3 Å². The molecule has 0 spiro atoms. The number of rotatable bonds is 7. The molecule has 0 saturated carbocycles. The van der Waals surface area contributed by atoms with Gasteiger partial charge in [0.1, 0.15) is 23.5 Å². The van der Waals surface area contributed by atoms with Crippen LogP contribution in [0.25, 0.3) is 21.9 Å². The van der Waals surface area contributed by atoms with E-state index in [-0.39, 0.29) is 4.90 Å². The van der Waals surface area contributed by atoms with Crippen LogP contribution in [-0.4, -0.2) is 28.0 Å². The number of sulfonamides is 1. The third-order valence-electron chi connectivity index (χ3n) is 5.64. The lowest BCUT2D eigenvalue weighted by atomic mass is 10.1. The number of furan rings is 1. The zero-order chi connectivity index (χ0) is 24.4. The summed E-state index contributed by atoms with van der Waals surface area (Å²) in [6.07, 6.45) is 0. The van der Waals surface area contributed by atoms with E-state index >= 15 is 0 Å². The van der Waals surface area contributed by atoms with Crippen molar-refractivity contribution in [1.82, 2.24) is 0 Å². The lowest BCUT2D eigenvalue weighted by Gasteiger charge is -2.24. The predicted octanol–water partition coefficient (Wildman–Crippen LogP) is 5.43. The summed E-state index contributed by atoms with van der Waals surface area (Å²) in [6.45, 7) is -0.406. The monoisotopic (exact) mass is 486 g/mol. The third kappa shape index (κ3) is 4.43. The number of ether oxygens (including phenoxy) is 1. The van der Waals surface area contributed by atoms with Crippen LogP contribution in [0.5, 0.6) is 5.75 Å². The first-order chi connectivity index (χ1) is 17.0. The van der Waals surface area contributed by atoms with Crippen molar-refractivity contribution in [3.8, 4) is 5.75 Å². The summed E-state index contributed by atoms with van der Waals surface area (Å²) in [7, 11) is -2.51. The number of para-hydroxylation sites is 2. The average Bonchev–Trinajstić information content (AvgIpc) is 3.25. The summed E-state index contributed by atoms with van der Waals surface area (Å²) in [5, 5.41) is 4.72. The number of fused-ring (bicyclic) bond motifs is 3. The first-order valence-electron chi connectivity index (χ1n) is 10.9. The normalized spacial score (nSPS) is 11.5. The quantitative estimate of drug-likeness (QED) is 0.331. The van der Waals surface area contributed by atoms with E-state index in [4.69, 9.17) is 9.15 Å². The highest BCUT2D eigenvalue weighted by molar-refractivity contribution is 7.92. The number of carbonyl (C=O) groups excluding carboxylic acids is 1. The molecule has 1 N–H and O–H groups in total. The van der Waals surface area contributed by atoms with Gasteiger partial charge in [0.15, 0.2) is 0 Å². The summed E-state index contributed by atoms with van der Waals surface area (Å²) >= 11 is 0. The van der Waals surface area contributed by atoms with Gasteiger partial charge in [-0.2, -0.15) is 0 Å². The van der Waals surface area contributed by atoms with Crippen LogP contribution in [0.3, 0.4) is 0 Å². The lowest BCUT2D eigenvalue weighted by Crippen LogP contribution is -2.38. The van der Waals surface area contributed by atoms with Crippen molar-refractivity contribution >= 4 is 49.2 Å². The van der Waals surface area contributed by atoms with Gasteiger partial charge in [0.2, 0.25) is 5.91 Å². The van der Waals surface area contributed by atoms with Crippen LogP contribution >= 0.6 is 0 Å². The molecule has 7 nitrogen and oxygen atoms in total. The molecule has 1 heterocycles. The Bertz CT molecular complexity index is 1610. The van der Waals surface area contributed by atoms with Crippen LogP contribution in [-0.2, 0) is 14.8 Å². The van der Waals surface area contributed by atoms with Gasteiger partial charge in [-0.1, -0.05) is 36.4 Å². The standard InChI is InChI=1S/C27H22N2O5S/c1-33-21-12-14-22(15-13-21)35(31,32)29(20-7-3-2-4-8-20)18-27(30)28-19-11-16-24-23-9-5-6-10-25(23)34-26(24)17-19/h2-17H,18H2,1H3,(H,28,30). The predicted molar refractivity (Wildman–Crippen MR) is 136 cm³/mol. The van der Waals surface area contributed by atoms with Gasteiger partial charge < -0.3 is 14.5 Å². The van der Waals surface area contributed by atoms with E-state index in [0.717, 1.165) is 20.7 Å². The zero-order valence-corrected chi connectivity index (χ0v) is 19.7. The third-order valence-corrected chi connectivity index (χ3v) is 7.43. The van der Waals surface area contributed by atoms with Gasteiger partial charge in [0.25, 0.3) is 10.0 Å². The fraction of sp³-hybridized carbons (Fsp3) is 0.0741. The van der Waals surface area contributed by atoms with E-state index in [1.165, 1.54) is 19.2 Å². The summed E-state index contributed by atoms with van der Waals surface area (Å²) in [4.78, 5) is 13.1. The Morgan fingerprint density at radius 3 is 2.29 bits per heavy atom. The molecule has 8 heteroatoms. The highest BCUT2D eigenvalue weighted by Crippen LogP contribution is 2.30. The molecule has 176 valence electrons. The molecule has 0 fully saturated rings. The SMILES string of the molecule is COc1ccc(S(=O)(=O)N(CC(=O)Nc2ccc3c(c2)oc2ccccc23)c2ccccc2)cc1. The lowest BCUT2D eigenvalue weighted by molar-refractivity contribution is -0.114. The van der Waals surface area contributed by atoms with E-state index in [0.29, 0.717) is 22.7 Å². The molecule has 0 unspecified atom stereocenters. The Morgan fingerprint density at radius 1 is 0.857 bits per heavy atom. The van der Waals surface area contributed by atoms with Crippen molar-refractivity contribution < 1.29 is 22.4 Å². The molecule has 5 aromatic rings. The minimum atomic E-state index is -4.02. The number of anilines is 2. The Hall–Kier alpha value is -4.30. The minimum absolute atomic E-state index is 0.0543. The first-order valence-corrected chi connectivity index (χ1v) is 12.3. The average molecular weight is 487 g/mol. The Morgan fingerprint density at radius 2 is 1.54 bits per heavy atom. The first kappa shape index (κ1) is 22.5. The summed E-state index contributed by atoms with van der Waals surface area (Å²) < 4.78 is 39.1. The van der Waals surface area contributed by atoms with Crippen LogP contribution in [0.1, 0.15) is 0 Å². The van der Waals surface area contributed by atoms with E-state index in [2.05, 4.69) is 5.32 Å². The number of hydrogen-bond donors (Lipinski definition) is 1. The number of nitrogens with zero attached hydrogens (tertiary/aromatic N) is 1. The van der Waals surface area contributed by atoms with E-state index in [9.17, 15) is 13.2 Å². The highest BCUT2D eigenvalue weighted by Gasteiger charge is 2.27. The molecule has 35 heavy (non-hydrogen) atoms. The number of amides is 1. The molecule has 0 aliphatic heterocycles. The summed E-state index contributed by atoms with van der Waals surface area (Å²) in [5.41, 5.74) is 2.28. The van der Waals surface area contributed by atoms with Gasteiger partial charge in [-0.15, -0.1) is 0 Å². The molecule has 1 aromatic heterocycles. The number of hydrogen-bond acceptors (Lipinski definition) is 5. The second-order valence-corrected chi connectivity index (χ2v) is 9.74. The van der Waals surface area contributed by atoms with Crippen molar-refractivity contribution in [2.24, 2.45) is 0 Å². The Labute approximate surface area is 202 Å². The maximum atomic E-state index is 13.5. The smallest absolute Gasteiger partial charge is 0.264 e. The molecule has 4 aromatic carbocycles. The molecule has 0 aliphatic carbocycles. The van der Waals surface area contributed by atoms with Crippen molar-refractivity contribution in [3.63, 3.8) is 0 Å². The maximum Gasteiger partial charge on any atom is 0.264 e. The van der Waals surface area contributed by atoms with E-state index in [1.807, 2.05) is 30.3 Å². The molecule has 1 amide bonds. The summed E-state index contributed by atoms with van der Waals surface area (Å²) in [5.74, 6) is 0.0512. The van der Waals surface area contributed by atoms with Gasteiger partial charge in [-0.3, -0.25) is 9.10 Å². The van der Waals surface area contributed by atoms with Crippen LogP contribution in [0.2, 0.25) is 0 Å². The minimum Gasteiger partial charge on any atom is -0.497 e. The van der Waals surface area contributed by atoms with E-state index in [1.54, 1.807) is 54.6 Å². The molecule has 0 bridgehead atoms. The van der Waals surface area contributed by atoms with Crippen LogP contribution in [0.15, 0.2) is 106 Å². The number of benzene rings is 4. The maximum absolute atomic E-state index is 13.5.